The second kappa shape index (κ2) is 7.17. The smallest absolute Gasteiger partial charge is 0.246 e. The molecule has 0 heterocycles. The third kappa shape index (κ3) is 3.63. The van der Waals surface area contributed by atoms with Crippen LogP contribution in [-0.4, -0.2) is 33.1 Å². The first kappa shape index (κ1) is 16.9. The van der Waals surface area contributed by atoms with Gasteiger partial charge in [-0.15, -0.1) is 11.8 Å². The van der Waals surface area contributed by atoms with Gasteiger partial charge in [0.15, 0.2) is 0 Å². The van der Waals surface area contributed by atoms with Crippen molar-refractivity contribution in [2.45, 2.75) is 16.3 Å². The Morgan fingerprint density at radius 1 is 1.09 bits per heavy atom. The molecule has 0 aromatic heterocycles. The van der Waals surface area contributed by atoms with Crippen molar-refractivity contribution in [1.82, 2.24) is 4.31 Å². The van der Waals surface area contributed by atoms with Crippen LogP contribution in [0.4, 0.5) is 0 Å². The number of benzene rings is 2. The summed E-state index contributed by atoms with van der Waals surface area (Å²) in [6, 6.07) is 14.5. The van der Waals surface area contributed by atoms with E-state index in [1.165, 1.54) is 11.4 Å². The van der Waals surface area contributed by atoms with Crippen molar-refractivity contribution in [2.75, 3.05) is 20.4 Å². The normalized spacial score (nSPS) is 11.6. The predicted octanol–water partition coefficient (Wildman–Crippen LogP) is 3.24. The van der Waals surface area contributed by atoms with Crippen LogP contribution in [0.15, 0.2) is 58.3 Å². The van der Waals surface area contributed by atoms with Gasteiger partial charge in [-0.05, 0) is 36.1 Å². The highest BCUT2D eigenvalue weighted by Crippen LogP contribution is 2.26. The Morgan fingerprint density at radius 2 is 1.73 bits per heavy atom. The minimum absolute atomic E-state index is 0.181. The zero-order chi connectivity index (χ0) is 16.2. The molecule has 2 aromatic carbocycles. The van der Waals surface area contributed by atoms with Crippen molar-refractivity contribution in [3.63, 3.8) is 0 Å². The van der Waals surface area contributed by atoms with Crippen molar-refractivity contribution in [3.8, 4) is 5.75 Å². The highest BCUT2D eigenvalue weighted by molar-refractivity contribution is 7.98. The van der Waals surface area contributed by atoms with Crippen LogP contribution in [0.3, 0.4) is 0 Å². The molecule has 0 N–H and O–H groups in total. The zero-order valence-corrected chi connectivity index (χ0v) is 14.4. The quantitative estimate of drug-likeness (QED) is 0.759. The van der Waals surface area contributed by atoms with Gasteiger partial charge in [0.05, 0.1) is 7.11 Å². The molecule has 0 unspecified atom stereocenters. The van der Waals surface area contributed by atoms with E-state index in [0.29, 0.717) is 12.3 Å². The van der Waals surface area contributed by atoms with Crippen LogP contribution in [-0.2, 0) is 16.6 Å². The number of para-hydroxylation sites is 1. The van der Waals surface area contributed by atoms with Gasteiger partial charge < -0.3 is 4.74 Å². The summed E-state index contributed by atoms with van der Waals surface area (Å²) in [6.07, 6.45) is 2.01. The summed E-state index contributed by atoms with van der Waals surface area (Å²) in [7, 11) is -0.551. The number of rotatable bonds is 6. The van der Waals surface area contributed by atoms with Crippen LogP contribution in [0.5, 0.6) is 5.75 Å². The summed E-state index contributed by atoms with van der Waals surface area (Å²) in [4.78, 5) is 1.33. The summed E-state index contributed by atoms with van der Waals surface area (Å²) in [5.74, 6) is 0.354. The van der Waals surface area contributed by atoms with Crippen LogP contribution in [0.2, 0.25) is 0 Å². The van der Waals surface area contributed by atoms with Crippen molar-refractivity contribution < 1.29 is 13.2 Å². The fourth-order valence-corrected chi connectivity index (χ4v) is 3.79. The molecular weight excluding hydrogens is 318 g/mol. The predicted molar refractivity (Wildman–Crippen MR) is 89.9 cm³/mol. The number of hydrogen-bond acceptors (Lipinski definition) is 4. The van der Waals surface area contributed by atoms with E-state index in [4.69, 9.17) is 4.74 Å². The largest absolute Gasteiger partial charge is 0.495 e. The average molecular weight is 337 g/mol. The molecule has 0 aliphatic heterocycles. The number of nitrogens with zero attached hydrogens (tertiary/aromatic N) is 1. The minimum atomic E-state index is -3.59. The van der Waals surface area contributed by atoms with Crippen LogP contribution >= 0.6 is 11.8 Å². The lowest BCUT2D eigenvalue weighted by molar-refractivity contribution is 0.397. The third-order valence-corrected chi connectivity index (χ3v) is 5.91. The second-order valence-corrected chi connectivity index (χ2v) is 7.65. The summed E-state index contributed by atoms with van der Waals surface area (Å²) in [6.45, 7) is 0.315. The number of sulfonamides is 1. The van der Waals surface area contributed by atoms with Crippen LogP contribution in [0, 0.1) is 0 Å². The first-order valence-electron chi connectivity index (χ1n) is 6.71. The maximum atomic E-state index is 12.7. The Bertz CT molecular complexity index is 727. The molecule has 0 atom stereocenters. The number of thioether (sulfide) groups is 1. The maximum absolute atomic E-state index is 12.7. The molecule has 22 heavy (non-hydrogen) atoms. The van der Waals surface area contributed by atoms with Crippen molar-refractivity contribution in [3.05, 3.63) is 54.1 Å². The van der Waals surface area contributed by atoms with E-state index in [9.17, 15) is 8.42 Å². The van der Waals surface area contributed by atoms with Crippen molar-refractivity contribution >= 4 is 21.8 Å². The lowest BCUT2D eigenvalue weighted by Gasteiger charge is -2.19. The topological polar surface area (TPSA) is 46.6 Å². The van der Waals surface area contributed by atoms with E-state index in [0.717, 1.165) is 10.5 Å². The van der Waals surface area contributed by atoms with E-state index >= 15 is 0 Å². The van der Waals surface area contributed by atoms with Crippen LogP contribution in [0.25, 0.3) is 0 Å². The molecule has 0 saturated heterocycles. The molecule has 6 heteroatoms. The Balaban J connectivity index is 2.24. The molecule has 2 aromatic rings. The summed E-state index contributed by atoms with van der Waals surface area (Å²) < 4.78 is 31.8. The Labute approximate surface area is 136 Å². The van der Waals surface area contributed by atoms with Gasteiger partial charge in [0.2, 0.25) is 10.0 Å². The lowest BCUT2D eigenvalue weighted by Crippen LogP contribution is -2.26. The molecule has 0 aliphatic carbocycles. The molecule has 0 amide bonds. The average Bonchev–Trinajstić information content (AvgIpc) is 2.55. The van der Waals surface area contributed by atoms with E-state index in [2.05, 4.69) is 0 Å². The van der Waals surface area contributed by atoms with Gasteiger partial charge in [0.1, 0.15) is 10.6 Å². The van der Waals surface area contributed by atoms with E-state index in [1.54, 1.807) is 43.1 Å². The molecule has 0 bridgehead atoms. The molecule has 118 valence electrons. The van der Waals surface area contributed by atoms with Gasteiger partial charge in [-0.25, -0.2) is 8.42 Å². The van der Waals surface area contributed by atoms with E-state index in [-0.39, 0.29) is 4.90 Å². The molecule has 0 fully saturated rings. The number of hydrogen-bond donors (Lipinski definition) is 0. The molecule has 0 spiro atoms. The van der Waals surface area contributed by atoms with Gasteiger partial charge in [0, 0.05) is 18.5 Å². The fraction of sp³-hybridized carbons (Fsp3) is 0.250. The standard InChI is InChI=1S/C16H19NO3S2/c1-17(12-13-8-10-14(21-3)11-9-13)22(18,19)16-7-5-4-6-15(16)20-2/h4-11H,12H2,1-3H3. The Kier molecular flexibility index (Phi) is 5.50. The van der Waals surface area contributed by atoms with Gasteiger partial charge in [-0.2, -0.15) is 4.31 Å². The van der Waals surface area contributed by atoms with E-state index < -0.39 is 10.0 Å². The molecule has 2 rings (SSSR count). The number of methoxy groups -OCH3 is 1. The lowest BCUT2D eigenvalue weighted by atomic mass is 10.2. The van der Waals surface area contributed by atoms with Crippen molar-refractivity contribution in [2.24, 2.45) is 0 Å². The maximum Gasteiger partial charge on any atom is 0.246 e. The summed E-state index contributed by atoms with van der Waals surface area (Å²) >= 11 is 1.66. The van der Waals surface area contributed by atoms with Crippen molar-refractivity contribution in [1.29, 1.82) is 0 Å². The second-order valence-electron chi connectivity index (χ2n) is 4.76. The first-order chi connectivity index (χ1) is 10.5. The van der Waals surface area contributed by atoms with Gasteiger partial charge in [-0.1, -0.05) is 24.3 Å². The van der Waals surface area contributed by atoms with E-state index in [1.807, 2.05) is 30.5 Å². The third-order valence-electron chi connectivity index (χ3n) is 3.32. The highest BCUT2D eigenvalue weighted by Gasteiger charge is 2.24. The van der Waals surface area contributed by atoms with Gasteiger partial charge in [-0.3, -0.25) is 0 Å². The Hall–Kier alpha value is -1.50. The molecular formula is C16H19NO3S2. The highest BCUT2D eigenvalue weighted by atomic mass is 32.2. The van der Waals surface area contributed by atoms with Crippen LogP contribution in [0.1, 0.15) is 5.56 Å². The molecule has 0 radical (unpaired) electrons. The van der Waals surface area contributed by atoms with Crippen LogP contribution < -0.4 is 4.74 Å². The Morgan fingerprint density at radius 3 is 2.32 bits per heavy atom. The minimum Gasteiger partial charge on any atom is -0.495 e. The van der Waals surface area contributed by atoms with Gasteiger partial charge in [0.25, 0.3) is 0 Å². The molecule has 4 nitrogen and oxygen atoms in total. The number of ether oxygens (including phenoxy) is 1. The molecule has 0 saturated carbocycles. The van der Waals surface area contributed by atoms with Gasteiger partial charge >= 0.3 is 0 Å². The fourth-order valence-electron chi connectivity index (χ4n) is 2.07. The summed E-state index contributed by atoms with van der Waals surface area (Å²) in [5.41, 5.74) is 0.943. The SMILES string of the molecule is COc1ccccc1S(=O)(=O)N(C)Cc1ccc(SC)cc1. The zero-order valence-electron chi connectivity index (χ0n) is 12.8. The first-order valence-corrected chi connectivity index (χ1v) is 9.38. The monoisotopic (exact) mass is 337 g/mol. The molecule has 0 aliphatic rings. The summed E-state index contributed by atoms with van der Waals surface area (Å²) in [5, 5.41) is 0.